The molecule has 0 radical (unpaired) electrons. The van der Waals surface area contributed by atoms with Crippen molar-refractivity contribution in [2.75, 3.05) is 13.1 Å². The van der Waals surface area contributed by atoms with E-state index in [0.717, 1.165) is 6.07 Å². The van der Waals surface area contributed by atoms with E-state index in [1.165, 1.54) is 41.7 Å². The summed E-state index contributed by atoms with van der Waals surface area (Å²) in [6.45, 7) is 0.676. The minimum atomic E-state index is -4.87. The van der Waals surface area contributed by atoms with Crippen LogP contribution in [0.25, 0.3) is 0 Å². The van der Waals surface area contributed by atoms with E-state index in [2.05, 4.69) is 14.7 Å². The number of para-hydroxylation sites is 1. The molecule has 0 N–H and O–H groups in total. The smallest absolute Gasteiger partial charge is 0.471 e. The Kier molecular flexibility index (Phi) is 5.24. The van der Waals surface area contributed by atoms with Crippen LogP contribution < -0.4 is 9.47 Å². The Labute approximate surface area is 147 Å². The summed E-state index contributed by atoms with van der Waals surface area (Å²) in [6, 6.07) is 5.32. The van der Waals surface area contributed by atoms with Gasteiger partial charge in [-0.1, -0.05) is 12.1 Å². The Morgan fingerprint density at radius 2 is 2.04 bits per heavy atom. The third kappa shape index (κ3) is 4.62. The second kappa shape index (κ2) is 7.59. The maximum Gasteiger partial charge on any atom is 0.573 e. The van der Waals surface area contributed by atoms with E-state index >= 15 is 0 Å². The summed E-state index contributed by atoms with van der Waals surface area (Å²) in [5.74, 6) is -0.702. The van der Waals surface area contributed by atoms with Gasteiger partial charge in [0.1, 0.15) is 11.9 Å². The summed E-state index contributed by atoms with van der Waals surface area (Å²) < 4.78 is 47.3. The fourth-order valence-corrected chi connectivity index (χ4v) is 2.76. The molecule has 2 heterocycles. The standard InChI is InChI=1S/C17H16F3N3O3/c18-17(19,20)26-14-6-2-1-5-13(14)16(24)23-9-3-4-12(11-23)25-15-10-21-7-8-22-15/h1-2,5-8,10,12H,3-4,9,11H2. The van der Waals surface area contributed by atoms with Crippen LogP contribution in [0.4, 0.5) is 13.2 Å². The Morgan fingerprint density at radius 1 is 1.23 bits per heavy atom. The molecule has 1 aromatic carbocycles. The fourth-order valence-electron chi connectivity index (χ4n) is 2.76. The summed E-state index contributed by atoms with van der Waals surface area (Å²) >= 11 is 0. The maximum absolute atomic E-state index is 12.7. The number of benzene rings is 1. The van der Waals surface area contributed by atoms with Crippen LogP contribution >= 0.6 is 0 Å². The number of aromatic nitrogens is 2. The molecule has 0 aliphatic carbocycles. The summed E-state index contributed by atoms with van der Waals surface area (Å²) in [4.78, 5) is 22.1. The number of likely N-dealkylation sites (tertiary alicyclic amines) is 1. The molecule has 0 saturated carbocycles. The van der Waals surface area contributed by atoms with Gasteiger partial charge in [-0.3, -0.25) is 9.78 Å². The Hall–Kier alpha value is -2.84. The molecule has 1 unspecified atom stereocenters. The van der Waals surface area contributed by atoms with Crippen LogP contribution in [0, 0.1) is 0 Å². The van der Waals surface area contributed by atoms with Gasteiger partial charge in [-0.05, 0) is 25.0 Å². The Morgan fingerprint density at radius 3 is 2.77 bits per heavy atom. The van der Waals surface area contributed by atoms with Crippen molar-refractivity contribution in [2.24, 2.45) is 0 Å². The van der Waals surface area contributed by atoms with Crippen LogP contribution in [0.15, 0.2) is 42.9 Å². The number of carbonyl (C=O) groups excluding carboxylic acids is 1. The van der Waals surface area contributed by atoms with Crippen LogP contribution in [0.2, 0.25) is 0 Å². The first-order valence-electron chi connectivity index (χ1n) is 7.99. The SMILES string of the molecule is O=C(c1ccccc1OC(F)(F)F)N1CCCC(Oc2cnccn2)C1. The molecule has 138 valence electrons. The summed E-state index contributed by atoms with van der Waals surface area (Å²) in [6.07, 6.45) is 0.677. The molecule has 26 heavy (non-hydrogen) atoms. The van der Waals surface area contributed by atoms with E-state index in [1.54, 1.807) is 0 Å². The van der Waals surface area contributed by atoms with Crippen LogP contribution in [-0.2, 0) is 0 Å². The summed E-state index contributed by atoms with van der Waals surface area (Å²) in [5, 5.41) is 0. The molecule has 6 nitrogen and oxygen atoms in total. The van der Waals surface area contributed by atoms with Gasteiger partial charge in [-0.15, -0.1) is 13.2 Å². The molecule has 1 aliphatic heterocycles. The minimum absolute atomic E-state index is 0.134. The molecule has 1 fully saturated rings. The lowest BCUT2D eigenvalue weighted by Crippen LogP contribution is -2.44. The number of alkyl halides is 3. The van der Waals surface area contributed by atoms with Crippen molar-refractivity contribution in [1.29, 1.82) is 0 Å². The highest BCUT2D eigenvalue weighted by Gasteiger charge is 2.34. The Balaban J connectivity index is 1.72. The average Bonchev–Trinajstić information content (AvgIpc) is 2.61. The van der Waals surface area contributed by atoms with Crippen molar-refractivity contribution in [3.63, 3.8) is 0 Å². The molecule has 9 heteroatoms. The molecule has 0 bridgehead atoms. The van der Waals surface area contributed by atoms with E-state index < -0.39 is 18.0 Å². The van der Waals surface area contributed by atoms with Crippen LogP contribution in [0.1, 0.15) is 23.2 Å². The van der Waals surface area contributed by atoms with E-state index in [4.69, 9.17) is 4.74 Å². The van der Waals surface area contributed by atoms with Crippen LogP contribution in [0.3, 0.4) is 0 Å². The number of rotatable bonds is 4. The van der Waals surface area contributed by atoms with Crippen molar-refractivity contribution in [1.82, 2.24) is 14.9 Å². The zero-order valence-electron chi connectivity index (χ0n) is 13.6. The fraction of sp³-hybridized carbons (Fsp3) is 0.353. The first-order chi connectivity index (χ1) is 12.4. The van der Waals surface area contributed by atoms with Gasteiger partial charge in [0.25, 0.3) is 5.91 Å². The highest BCUT2D eigenvalue weighted by molar-refractivity contribution is 5.97. The van der Waals surface area contributed by atoms with Crippen molar-refractivity contribution in [2.45, 2.75) is 25.3 Å². The zero-order chi connectivity index (χ0) is 18.6. The number of carbonyl (C=O) groups is 1. The molecule has 1 aliphatic rings. The first kappa shape index (κ1) is 18.0. The third-order valence-electron chi connectivity index (χ3n) is 3.84. The lowest BCUT2D eigenvalue weighted by atomic mass is 10.1. The number of piperidine rings is 1. The number of amides is 1. The normalized spacial score (nSPS) is 17.7. The number of halogens is 3. The predicted molar refractivity (Wildman–Crippen MR) is 84.7 cm³/mol. The number of nitrogens with zero attached hydrogens (tertiary/aromatic N) is 3. The van der Waals surface area contributed by atoms with Crippen molar-refractivity contribution < 1.29 is 27.4 Å². The van der Waals surface area contributed by atoms with E-state index in [-0.39, 0.29) is 18.2 Å². The molecule has 1 atom stereocenters. The largest absolute Gasteiger partial charge is 0.573 e. The van der Waals surface area contributed by atoms with Gasteiger partial charge < -0.3 is 14.4 Å². The number of ether oxygens (including phenoxy) is 2. The molecule has 1 aromatic heterocycles. The molecule has 2 aromatic rings. The van der Waals surface area contributed by atoms with Crippen molar-refractivity contribution >= 4 is 5.91 Å². The zero-order valence-corrected chi connectivity index (χ0v) is 13.6. The molecule has 0 spiro atoms. The average molecular weight is 367 g/mol. The van der Waals surface area contributed by atoms with Gasteiger partial charge in [-0.2, -0.15) is 0 Å². The van der Waals surface area contributed by atoms with Gasteiger partial charge >= 0.3 is 6.36 Å². The molecule has 3 rings (SSSR count). The van der Waals surface area contributed by atoms with Crippen molar-refractivity contribution in [3.05, 3.63) is 48.4 Å². The van der Waals surface area contributed by atoms with Crippen molar-refractivity contribution in [3.8, 4) is 11.6 Å². The molecule has 1 saturated heterocycles. The van der Waals surface area contributed by atoms with Crippen LogP contribution in [0.5, 0.6) is 11.6 Å². The van der Waals surface area contributed by atoms with Gasteiger partial charge in [0.05, 0.1) is 18.3 Å². The molecular weight excluding hydrogens is 351 g/mol. The highest BCUT2D eigenvalue weighted by atomic mass is 19.4. The number of hydrogen-bond donors (Lipinski definition) is 0. The molecular formula is C17H16F3N3O3. The van der Waals surface area contributed by atoms with Gasteiger partial charge in [0.15, 0.2) is 0 Å². The lowest BCUT2D eigenvalue weighted by molar-refractivity contribution is -0.274. The van der Waals surface area contributed by atoms with E-state index in [0.29, 0.717) is 25.3 Å². The first-order valence-corrected chi connectivity index (χ1v) is 7.99. The van der Waals surface area contributed by atoms with E-state index in [9.17, 15) is 18.0 Å². The summed E-state index contributed by atoms with van der Waals surface area (Å²) in [7, 11) is 0. The maximum atomic E-state index is 12.7. The van der Waals surface area contributed by atoms with Gasteiger partial charge in [0.2, 0.25) is 5.88 Å². The summed E-state index contributed by atoms with van der Waals surface area (Å²) in [5.41, 5.74) is -0.134. The van der Waals surface area contributed by atoms with Gasteiger partial charge in [-0.25, -0.2) is 4.98 Å². The lowest BCUT2D eigenvalue weighted by Gasteiger charge is -2.33. The quantitative estimate of drug-likeness (QED) is 0.831. The Bertz CT molecular complexity index is 756. The highest BCUT2D eigenvalue weighted by Crippen LogP contribution is 2.28. The van der Waals surface area contributed by atoms with Crippen LogP contribution in [-0.4, -0.2) is 46.3 Å². The van der Waals surface area contributed by atoms with E-state index in [1.807, 2.05) is 0 Å². The monoisotopic (exact) mass is 367 g/mol. The second-order valence-corrected chi connectivity index (χ2v) is 5.72. The third-order valence-corrected chi connectivity index (χ3v) is 3.84. The molecule has 1 amide bonds. The second-order valence-electron chi connectivity index (χ2n) is 5.72. The van der Waals surface area contributed by atoms with Gasteiger partial charge in [0, 0.05) is 18.9 Å². The predicted octanol–water partition coefficient (Wildman–Crippen LogP) is 3.06. The topological polar surface area (TPSA) is 64.5 Å². The number of hydrogen-bond acceptors (Lipinski definition) is 5. The minimum Gasteiger partial charge on any atom is -0.471 e.